The maximum Gasteiger partial charge on any atom is 0.269 e. The summed E-state index contributed by atoms with van der Waals surface area (Å²) in [5, 5.41) is 10.7. The molecule has 8 nitrogen and oxygen atoms in total. The number of sulfonamides is 1. The van der Waals surface area contributed by atoms with Crippen molar-refractivity contribution in [3.63, 3.8) is 0 Å². The van der Waals surface area contributed by atoms with Crippen molar-refractivity contribution in [3.8, 4) is 0 Å². The zero-order valence-electron chi connectivity index (χ0n) is 14.3. The average molecular weight is 410 g/mol. The second kappa shape index (κ2) is 7.37. The number of hydrogen-bond acceptors (Lipinski definition) is 6. The zero-order valence-corrected chi connectivity index (χ0v) is 15.9. The zero-order chi connectivity index (χ0) is 19.7. The van der Waals surface area contributed by atoms with Crippen LogP contribution in [0.4, 0.5) is 5.69 Å². The van der Waals surface area contributed by atoms with Gasteiger partial charge in [-0.05, 0) is 37.1 Å². The molecule has 0 amide bonds. The molecule has 144 valence electrons. The van der Waals surface area contributed by atoms with E-state index in [-0.39, 0.29) is 27.8 Å². The highest BCUT2D eigenvalue weighted by Crippen LogP contribution is 2.29. The van der Waals surface area contributed by atoms with E-state index in [0.717, 1.165) is 12.1 Å². The van der Waals surface area contributed by atoms with Gasteiger partial charge in [-0.2, -0.15) is 4.31 Å². The third kappa shape index (κ3) is 4.02. The lowest BCUT2D eigenvalue weighted by molar-refractivity contribution is -0.384. The first-order valence-corrected chi connectivity index (χ1v) is 11.4. The lowest BCUT2D eigenvalue weighted by Crippen LogP contribution is -2.39. The number of nitro groups is 1. The average Bonchev–Trinajstić information content (AvgIpc) is 3.11. The Hall–Kier alpha value is -2.30. The molecule has 1 saturated heterocycles. The number of non-ortho nitro benzene ring substituents is 1. The minimum absolute atomic E-state index is 0.0860. The summed E-state index contributed by atoms with van der Waals surface area (Å²) in [6.07, 6.45) is 0.999. The molecule has 1 fully saturated rings. The molecule has 1 aliphatic heterocycles. The smallest absolute Gasteiger partial charge is 0.258 e. The van der Waals surface area contributed by atoms with E-state index in [1.807, 2.05) is 0 Å². The summed E-state index contributed by atoms with van der Waals surface area (Å²) in [5.41, 5.74) is -0.210. The van der Waals surface area contributed by atoms with E-state index >= 15 is 0 Å². The van der Waals surface area contributed by atoms with Crippen molar-refractivity contribution in [2.45, 2.75) is 28.7 Å². The molecule has 2 aromatic rings. The first-order chi connectivity index (χ1) is 12.7. The Morgan fingerprint density at radius 2 is 1.59 bits per heavy atom. The van der Waals surface area contributed by atoms with Crippen LogP contribution in [0.5, 0.6) is 0 Å². The van der Waals surface area contributed by atoms with E-state index in [1.165, 1.54) is 28.6 Å². The highest BCUT2D eigenvalue weighted by Gasteiger charge is 2.38. The summed E-state index contributed by atoms with van der Waals surface area (Å²) in [4.78, 5) is 10.2. The summed E-state index contributed by atoms with van der Waals surface area (Å²) in [7, 11) is -7.57. The van der Waals surface area contributed by atoms with Crippen LogP contribution in [0.1, 0.15) is 12.8 Å². The van der Waals surface area contributed by atoms with Crippen molar-refractivity contribution in [2.75, 3.05) is 12.3 Å². The Morgan fingerprint density at radius 3 is 2.19 bits per heavy atom. The Morgan fingerprint density at radius 1 is 0.963 bits per heavy atom. The quantitative estimate of drug-likeness (QED) is 0.533. The second-order valence-corrected chi connectivity index (χ2v) is 10.2. The molecule has 1 atom stereocenters. The maximum absolute atomic E-state index is 12.9. The van der Waals surface area contributed by atoms with Crippen LogP contribution in [-0.2, 0) is 19.9 Å². The van der Waals surface area contributed by atoms with Gasteiger partial charge < -0.3 is 0 Å². The summed E-state index contributed by atoms with van der Waals surface area (Å²) >= 11 is 0. The van der Waals surface area contributed by atoms with Gasteiger partial charge in [-0.3, -0.25) is 10.1 Å². The fraction of sp³-hybridized carbons (Fsp3) is 0.294. The second-order valence-electron chi connectivity index (χ2n) is 6.26. The van der Waals surface area contributed by atoms with Crippen LogP contribution in [0, 0.1) is 10.1 Å². The lowest BCUT2D eigenvalue weighted by Gasteiger charge is -2.24. The van der Waals surface area contributed by atoms with Crippen molar-refractivity contribution in [2.24, 2.45) is 0 Å². The van der Waals surface area contributed by atoms with Crippen LogP contribution in [0.2, 0.25) is 0 Å². The molecule has 1 unspecified atom stereocenters. The first kappa shape index (κ1) is 19.5. The third-order valence-corrected chi connectivity index (χ3v) is 8.27. The summed E-state index contributed by atoms with van der Waals surface area (Å²) in [5.74, 6) is -0.302. The van der Waals surface area contributed by atoms with Gasteiger partial charge >= 0.3 is 0 Å². The molecule has 0 aliphatic carbocycles. The molecule has 0 aromatic heterocycles. The highest BCUT2D eigenvalue weighted by molar-refractivity contribution is 7.91. The SMILES string of the molecule is O=[N+]([O-])c1ccc(S(=O)(=O)N2CCCC2CS(=O)(=O)c2ccccc2)cc1. The van der Waals surface area contributed by atoms with Gasteiger partial charge in [0.1, 0.15) is 0 Å². The third-order valence-electron chi connectivity index (χ3n) is 4.49. The first-order valence-electron chi connectivity index (χ1n) is 8.26. The van der Waals surface area contributed by atoms with Gasteiger partial charge in [0.2, 0.25) is 10.0 Å². The summed E-state index contributed by atoms with van der Waals surface area (Å²) in [6.45, 7) is 0.217. The van der Waals surface area contributed by atoms with Gasteiger partial charge in [-0.25, -0.2) is 16.8 Å². The van der Waals surface area contributed by atoms with Crippen LogP contribution in [0.25, 0.3) is 0 Å². The van der Waals surface area contributed by atoms with Gasteiger partial charge in [-0.15, -0.1) is 0 Å². The summed E-state index contributed by atoms with van der Waals surface area (Å²) in [6, 6.07) is 11.8. The van der Waals surface area contributed by atoms with E-state index in [9.17, 15) is 26.9 Å². The normalized spacial score (nSPS) is 18.4. The van der Waals surface area contributed by atoms with Crippen LogP contribution in [0.15, 0.2) is 64.4 Å². The molecule has 0 saturated carbocycles. The van der Waals surface area contributed by atoms with Crippen molar-refractivity contribution in [1.29, 1.82) is 0 Å². The molecule has 1 heterocycles. The predicted molar refractivity (Wildman–Crippen MR) is 98.5 cm³/mol. The number of sulfone groups is 1. The highest BCUT2D eigenvalue weighted by atomic mass is 32.2. The molecule has 0 spiro atoms. The monoisotopic (exact) mass is 410 g/mol. The van der Waals surface area contributed by atoms with Crippen molar-refractivity contribution < 1.29 is 21.8 Å². The number of rotatable bonds is 6. The molecule has 27 heavy (non-hydrogen) atoms. The maximum atomic E-state index is 12.9. The molecule has 2 aromatic carbocycles. The van der Waals surface area contributed by atoms with Gasteiger partial charge in [0.25, 0.3) is 5.69 Å². The Bertz CT molecular complexity index is 1030. The van der Waals surface area contributed by atoms with E-state index in [0.29, 0.717) is 12.8 Å². The minimum atomic E-state index is -3.94. The Kier molecular flexibility index (Phi) is 5.31. The molecule has 10 heteroatoms. The molecule has 3 rings (SSSR count). The van der Waals surface area contributed by atoms with E-state index in [2.05, 4.69) is 0 Å². The fourth-order valence-corrected chi connectivity index (χ4v) is 6.55. The van der Waals surface area contributed by atoms with Crippen molar-refractivity contribution >= 4 is 25.5 Å². The van der Waals surface area contributed by atoms with Gasteiger partial charge in [0, 0.05) is 24.7 Å². The van der Waals surface area contributed by atoms with Crippen molar-refractivity contribution in [3.05, 3.63) is 64.7 Å². The number of hydrogen-bond donors (Lipinski definition) is 0. The fourth-order valence-electron chi connectivity index (χ4n) is 3.14. The molecule has 1 aliphatic rings. The number of benzene rings is 2. The van der Waals surface area contributed by atoms with Crippen LogP contribution in [0.3, 0.4) is 0 Å². The predicted octanol–water partition coefficient (Wildman–Crippen LogP) is 2.22. The standard InChI is InChI=1S/C17H18N2O6S2/c20-19(21)14-8-10-17(11-9-14)27(24,25)18-12-4-5-15(18)13-26(22,23)16-6-2-1-3-7-16/h1-3,6-11,15H,4-5,12-13H2. The number of nitrogens with zero attached hydrogens (tertiary/aromatic N) is 2. The lowest BCUT2D eigenvalue weighted by atomic mass is 10.3. The molecule has 0 radical (unpaired) electrons. The molecule has 0 bridgehead atoms. The molecular weight excluding hydrogens is 392 g/mol. The van der Waals surface area contributed by atoms with Crippen LogP contribution >= 0.6 is 0 Å². The van der Waals surface area contributed by atoms with Gasteiger partial charge in [0.15, 0.2) is 9.84 Å². The van der Waals surface area contributed by atoms with Crippen molar-refractivity contribution in [1.82, 2.24) is 4.31 Å². The Balaban J connectivity index is 1.86. The van der Waals surface area contributed by atoms with E-state index < -0.39 is 30.8 Å². The minimum Gasteiger partial charge on any atom is -0.258 e. The van der Waals surface area contributed by atoms with Gasteiger partial charge in [-0.1, -0.05) is 18.2 Å². The summed E-state index contributed by atoms with van der Waals surface area (Å²) < 4.78 is 52.2. The Labute approximate surface area is 157 Å². The van der Waals surface area contributed by atoms with E-state index in [4.69, 9.17) is 0 Å². The molecule has 0 N–H and O–H groups in total. The molecular formula is C17H18N2O6S2. The van der Waals surface area contributed by atoms with Gasteiger partial charge in [0.05, 0.1) is 20.5 Å². The number of nitro benzene ring substituents is 1. The van der Waals surface area contributed by atoms with Crippen LogP contribution in [-0.4, -0.2) is 44.4 Å². The topological polar surface area (TPSA) is 115 Å². The largest absolute Gasteiger partial charge is 0.269 e. The van der Waals surface area contributed by atoms with Crippen LogP contribution < -0.4 is 0 Å². The van der Waals surface area contributed by atoms with E-state index in [1.54, 1.807) is 18.2 Å².